The molecule has 0 aliphatic carbocycles. The molecule has 1 aliphatic rings. The molecule has 3 amide bonds. The Morgan fingerprint density at radius 2 is 1.94 bits per heavy atom. The molecule has 3 rings (SSSR count). The summed E-state index contributed by atoms with van der Waals surface area (Å²) in [5, 5.41) is 2.26. The first-order valence-electron chi connectivity index (χ1n) is 9.62. The van der Waals surface area contributed by atoms with E-state index in [-0.39, 0.29) is 30.9 Å². The zero-order valence-corrected chi connectivity index (χ0v) is 20.7. The third-order valence-corrected chi connectivity index (χ3v) is 6.13. The lowest BCUT2D eigenvalue weighted by molar-refractivity contribution is -0.123. The number of hydrogen-bond donors (Lipinski definition) is 1. The summed E-state index contributed by atoms with van der Waals surface area (Å²) in [6.45, 7) is 0.158. The van der Waals surface area contributed by atoms with Crippen LogP contribution in [0.3, 0.4) is 0 Å². The molecule has 11 heteroatoms. The van der Waals surface area contributed by atoms with Gasteiger partial charge >= 0.3 is 0 Å². The predicted molar refractivity (Wildman–Crippen MR) is 131 cm³/mol. The van der Waals surface area contributed by atoms with E-state index in [2.05, 4.69) is 5.32 Å². The molecule has 0 radical (unpaired) electrons. The fraction of sp³-hybridized carbons (Fsp3) is 0.227. The number of benzene rings is 2. The highest BCUT2D eigenvalue weighted by Crippen LogP contribution is 2.37. The highest BCUT2D eigenvalue weighted by molar-refractivity contribution is 14.1. The molecule has 1 heterocycles. The van der Waals surface area contributed by atoms with Crippen molar-refractivity contribution in [1.82, 2.24) is 4.90 Å². The molecule has 1 aliphatic heterocycles. The minimum atomic E-state index is -0.423. The van der Waals surface area contributed by atoms with Gasteiger partial charge in [0.15, 0.2) is 18.1 Å². The quantitative estimate of drug-likeness (QED) is 0.349. The van der Waals surface area contributed by atoms with E-state index in [0.29, 0.717) is 31.2 Å². The van der Waals surface area contributed by atoms with E-state index in [4.69, 9.17) is 14.2 Å². The Balaban J connectivity index is 1.71. The van der Waals surface area contributed by atoms with Gasteiger partial charge in [-0.15, -0.1) is 0 Å². The minimum absolute atomic E-state index is 0.187. The number of rotatable bonds is 9. The molecular weight excluding hydrogens is 566 g/mol. The Morgan fingerprint density at radius 3 is 2.61 bits per heavy atom. The summed E-state index contributed by atoms with van der Waals surface area (Å²) in [6, 6.07) is 8.78. The largest absolute Gasteiger partial charge is 0.493 e. The van der Waals surface area contributed by atoms with E-state index >= 15 is 0 Å². The zero-order chi connectivity index (χ0) is 24.0. The lowest BCUT2D eigenvalue weighted by Gasteiger charge is -2.14. The molecule has 2 aromatic rings. The number of methoxy groups -OCH3 is 2. The summed E-state index contributed by atoms with van der Waals surface area (Å²) in [4.78, 5) is 38.2. The van der Waals surface area contributed by atoms with E-state index < -0.39 is 11.7 Å². The van der Waals surface area contributed by atoms with Gasteiger partial charge in [-0.05, 0) is 82.4 Å². The van der Waals surface area contributed by atoms with Gasteiger partial charge in [-0.1, -0.05) is 0 Å². The Morgan fingerprint density at radius 1 is 1.21 bits per heavy atom. The number of nitrogens with zero attached hydrogens (tertiary/aromatic N) is 1. The maximum absolute atomic E-state index is 13.0. The number of imide groups is 1. The maximum atomic E-state index is 13.0. The van der Waals surface area contributed by atoms with Crippen LogP contribution in [0.4, 0.5) is 14.9 Å². The number of thioether (sulfide) groups is 1. The highest BCUT2D eigenvalue weighted by atomic mass is 127. The Kier molecular flexibility index (Phi) is 8.69. The van der Waals surface area contributed by atoms with Crippen LogP contribution < -0.4 is 14.8 Å². The topological polar surface area (TPSA) is 94.2 Å². The molecule has 0 saturated carbocycles. The second-order valence-corrected chi connectivity index (χ2v) is 8.86. The average Bonchev–Trinajstić information content (AvgIpc) is 3.05. The maximum Gasteiger partial charge on any atom is 0.293 e. The number of amides is 3. The van der Waals surface area contributed by atoms with Crippen molar-refractivity contribution in [2.75, 3.05) is 39.3 Å². The standard InChI is InChI=1S/C22H20FIN2O6S/c1-30-8-7-26-21(28)18(33-22(26)29)11-13-9-16(24)20(17(10-13)31-2)32-12-19(27)25-15-5-3-14(23)4-6-15/h3-6,9-11H,7-8,12H2,1-2H3,(H,25,27)/b18-11+. The summed E-state index contributed by atoms with van der Waals surface area (Å²) in [6.07, 6.45) is 1.60. The van der Waals surface area contributed by atoms with Crippen LogP contribution in [0.25, 0.3) is 6.08 Å². The van der Waals surface area contributed by atoms with Crippen molar-refractivity contribution in [2.24, 2.45) is 0 Å². The fourth-order valence-electron chi connectivity index (χ4n) is 2.86. The van der Waals surface area contributed by atoms with Gasteiger partial charge in [-0.25, -0.2) is 4.39 Å². The third-order valence-electron chi connectivity index (χ3n) is 4.42. The van der Waals surface area contributed by atoms with Crippen molar-refractivity contribution in [2.45, 2.75) is 0 Å². The van der Waals surface area contributed by atoms with Crippen LogP contribution in [0.5, 0.6) is 11.5 Å². The van der Waals surface area contributed by atoms with Crippen LogP contribution in [-0.2, 0) is 14.3 Å². The number of hydrogen-bond acceptors (Lipinski definition) is 7. The first-order valence-corrected chi connectivity index (χ1v) is 11.5. The van der Waals surface area contributed by atoms with Crippen LogP contribution >= 0.6 is 34.4 Å². The number of ether oxygens (including phenoxy) is 3. The average molecular weight is 586 g/mol. The van der Waals surface area contributed by atoms with Gasteiger partial charge in [0.05, 0.1) is 28.7 Å². The van der Waals surface area contributed by atoms with Gasteiger partial charge in [0.2, 0.25) is 0 Å². The molecule has 0 aromatic heterocycles. The lowest BCUT2D eigenvalue weighted by atomic mass is 10.2. The summed E-state index contributed by atoms with van der Waals surface area (Å²) >= 11 is 2.89. The SMILES string of the molecule is COCCN1C(=O)S/C(=C/c2cc(I)c(OCC(=O)Nc3ccc(F)cc3)c(OC)c2)C1=O. The van der Waals surface area contributed by atoms with E-state index in [0.717, 1.165) is 16.7 Å². The molecular formula is C22H20FIN2O6S. The number of carbonyl (C=O) groups excluding carboxylic acids is 3. The minimum Gasteiger partial charge on any atom is -0.493 e. The van der Waals surface area contributed by atoms with E-state index in [1.54, 1.807) is 18.2 Å². The number of nitrogens with one attached hydrogen (secondary N) is 1. The predicted octanol–water partition coefficient (Wildman–Crippen LogP) is 4.14. The fourth-order valence-corrected chi connectivity index (χ4v) is 4.50. The molecule has 0 atom stereocenters. The molecule has 1 fully saturated rings. The van der Waals surface area contributed by atoms with Gasteiger partial charge in [-0.3, -0.25) is 19.3 Å². The van der Waals surface area contributed by atoms with Crippen LogP contribution in [0.15, 0.2) is 41.3 Å². The van der Waals surface area contributed by atoms with Crippen LogP contribution in [0, 0.1) is 9.39 Å². The first-order chi connectivity index (χ1) is 15.8. The monoisotopic (exact) mass is 586 g/mol. The van der Waals surface area contributed by atoms with E-state index in [1.165, 1.54) is 38.5 Å². The molecule has 1 N–H and O–H groups in total. The van der Waals surface area contributed by atoms with Crippen molar-refractivity contribution in [3.8, 4) is 11.5 Å². The van der Waals surface area contributed by atoms with Crippen molar-refractivity contribution >= 4 is 63.2 Å². The van der Waals surface area contributed by atoms with Crippen LogP contribution in [0.1, 0.15) is 5.56 Å². The lowest BCUT2D eigenvalue weighted by Crippen LogP contribution is -2.31. The highest BCUT2D eigenvalue weighted by Gasteiger charge is 2.34. The van der Waals surface area contributed by atoms with Gasteiger partial charge in [0, 0.05) is 12.8 Å². The molecule has 8 nitrogen and oxygen atoms in total. The van der Waals surface area contributed by atoms with Crippen LogP contribution in [0.2, 0.25) is 0 Å². The zero-order valence-electron chi connectivity index (χ0n) is 17.7. The molecule has 0 unspecified atom stereocenters. The number of carbonyl (C=O) groups is 3. The van der Waals surface area contributed by atoms with E-state index in [1.807, 2.05) is 22.6 Å². The smallest absolute Gasteiger partial charge is 0.293 e. The molecule has 1 saturated heterocycles. The van der Waals surface area contributed by atoms with Crippen molar-refractivity contribution in [1.29, 1.82) is 0 Å². The van der Waals surface area contributed by atoms with Gasteiger partial charge in [0.1, 0.15) is 5.82 Å². The van der Waals surface area contributed by atoms with Crippen LogP contribution in [-0.4, -0.2) is 55.9 Å². The summed E-state index contributed by atoms with van der Waals surface area (Å²) < 4.78 is 29.6. The summed E-state index contributed by atoms with van der Waals surface area (Å²) in [7, 11) is 2.96. The van der Waals surface area contributed by atoms with Gasteiger partial charge in [0.25, 0.3) is 17.1 Å². The summed E-state index contributed by atoms with van der Waals surface area (Å²) in [5.41, 5.74) is 1.08. The molecule has 174 valence electrons. The van der Waals surface area contributed by atoms with Crippen molar-refractivity contribution in [3.63, 3.8) is 0 Å². The number of anilines is 1. The Bertz CT molecular complexity index is 1090. The summed E-state index contributed by atoms with van der Waals surface area (Å²) in [5.74, 6) is -0.482. The third kappa shape index (κ3) is 6.45. The molecule has 0 bridgehead atoms. The van der Waals surface area contributed by atoms with Crippen molar-refractivity contribution < 1.29 is 33.0 Å². The van der Waals surface area contributed by atoms with Crippen molar-refractivity contribution in [3.05, 3.63) is 56.3 Å². The normalized spacial score (nSPS) is 14.7. The van der Waals surface area contributed by atoms with Gasteiger partial charge in [-0.2, -0.15) is 0 Å². The van der Waals surface area contributed by atoms with E-state index in [9.17, 15) is 18.8 Å². The molecule has 0 spiro atoms. The second-order valence-electron chi connectivity index (χ2n) is 6.70. The number of halogens is 2. The Hall–Kier alpha value is -2.64. The second kappa shape index (κ2) is 11.5. The molecule has 2 aromatic carbocycles. The first kappa shape index (κ1) is 25.0. The Labute approximate surface area is 207 Å². The molecule has 33 heavy (non-hydrogen) atoms. The van der Waals surface area contributed by atoms with Gasteiger partial charge < -0.3 is 19.5 Å².